The summed E-state index contributed by atoms with van der Waals surface area (Å²) in [6.07, 6.45) is 10.9. The molecule has 1 atom stereocenters. The fourth-order valence-electron chi connectivity index (χ4n) is 5.82. The number of rotatable bonds is 5. The van der Waals surface area contributed by atoms with Gasteiger partial charge in [-0.2, -0.15) is 0 Å². The van der Waals surface area contributed by atoms with Crippen molar-refractivity contribution in [2.24, 2.45) is 23.2 Å². The van der Waals surface area contributed by atoms with Gasteiger partial charge < -0.3 is 19.3 Å². The van der Waals surface area contributed by atoms with E-state index >= 15 is 0 Å². The molecule has 0 saturated carbocycles. The number of ether oxygens (including phenoxy) is 2. The fourth-order valence-corrected chi connectivity index (χ4v) is 5.82. The fraction of sp³-hybridized carbons (Fsp3) is 0.864. The van der Waals surface area contributed by atoms with E-state index in [0.29, 0.717) is 17.2 Å². The largest absolute Gasteiger partial charge is 0.384 e. The van der Waals surface area contributed by atoms with E-state index in [1.807, 2.05) is 7.11 Å². The molecule has 5 heteroatoms. The van der Waals surface area contributed by atoms with Crippen LogP contribution in [0.4, 0.5) is 0 Å². The van der Waals surface area contributed by atoms with Crippen molar-refractivity contribution in [3.63, 3.8) is 0 Å². The van der Waals surface area contributed by atoms with Crippen LogP contribution in [0.1, 0.15) is 38.5 Å². The Morgan fingerprint density at radius 3 is 2.56 bits per heavy atom. The molecule has 3 heterocycles. The van der Waals surface area contributed by atoms with Crippen molar-refractivity contribution in [3.8, 4) is 0 Å². The molecule has 1 aliphatic carbocycles. The molecule has 0 radical (unpaired) electrons. The highest BCUT2D eigenvalue weighted by molar-refractivity contribution is 5.79. The molecule has 1 amide bonds. The number of amides is 1. The third-order valence-electron chi connectivity index (χ3n) is 7.54. The number of hydrogen-bond donors (Lipinski definition) is 0. The van der Waals surface area contributed by atoms with Gasteiger partial charge in [-0.3, -0.25) is 4.79 Å². The molecule has 3 aliphatic heterocycles. The standard InChI is InChI=1S/C22H36N2O3/c1-26-16-20-15-23(14-18-6-12-27-13-7-18)17-22(20)8-10-24(11-9-22)21(25)19-4-2-3-5-19/h2-3,18-20H,4-17H2,1H3. The molecule has 5 nitrogen and oxygen atoms in total. The van der Waals surface area contributed by atoms with E-state index in [-0.39, 0.29) is 5.92 Å². The molecule has 0 bridgehead atoms. The molecule has 0 aromatic rings. The molecule has 4 aliphatic rings. The Hall–Kier alpha value is -0.910. The predicted molar refractivity (Wildman–Crippen MR) is 105 cm³/mol. The normalized spacial score (nSPS) is 29.8. The zero-order valence-electron chi connectivity index (χ0n) is 16.9. The first-order valence-electron chi connectivity index (χ1n) is 10.9. The summed E-state index contributed by atoms with van der Waals surface area (Å²) >= 11 is 0. The highest BCUT2D eigenvalue weighted by Crippen LogP contribution is 2.45. The average molecular weight is 377 g/mol. The van der Waals surface area contributed by atoms with Crippen molar-refractivity contribution in [1.29, 1.82) is 0 Å². The van der Waals surface area contributed by atoms with E-state index in [9.17, 15) is 4.79 Å². The summed E-state index contributed by atoms with van der Waals surface area (Å²) in [6.45, 7) is 8.13. The molecule has 4 rings (SSSR count). The zero-order chi connectivity index (χ0) is 18.7. The van der Waals surface area contributed by atoms with Crippen molar-refractivity contribution in [3.05, 3.63) is 12.2 Å². The van der Waals surface area contributed by atoms with Crippen molar-refractivity contribution in [2.45, 2.75) is 38.5 Å². The molecule has 0 aromatic carbocycles. The van der Waals surface area contributed by atoms with Crippen LogP contribution in [0.5, 0.6) is 0 Å². The average Bonchev–Trinajstić information content (AvgIpc) is 3.33. The monoisotopic (exact) mass is 376 g/mol. The lowest BCUT2D eigenvalue weighted by atomic mass is 9.71. The number of nitrogens with zero attached hydrogens (tertiary/aromatic N) is 2. The third-order valence-corrected chi connectivity index (χ3v) is 7.54. The first kappa shape index (κ1) is 19.4. The van der Waals surface area contributed by atoms with Gasteiger partial charge in [-0.1, -0.05) is 12.2 Å². The van der Waals surface area contributed by atoms with E-state index in [4.69, 9.17) is 9.47 Å². The van der Waals surface area contributed by atoms with Crippen LogP contribution in [0.3, 0.4) is 0 Å². The Balaban J connectivity index is 1.35. The second-order valence-electron chi connectivity index (χ2n) is 9.23. The molecule has 0 aromatic heterocycles. The highest BCUT2D eigenvalue weighted by Gasteiger charge is 2.48. The second-order valence-corrected chi connectivity index (χ2v) is 9.23. The van der Waals surface area contributed by atoms with Crippen LogP contribution in [0.25, 0.3) is 0 Å². The Morgan fingerprint density at radius 2 is 1.89 bits per heavy atom. The molecular weight excluding hydrogens is 340 g/mol. The van der Waals surface area contributed by atoms with Gasteiger partial charge >= 0.3 is 0 Å². The van der Waals surface area contributed by atoms with Gasteiger partial charge in [0.15, 0.2) is 0 Å². The second kappa shape index (κ2) is 8.62. The Bertz CT molecular complexity index is 528. The van der Waals surface area contributed by atoms with Crippen molar-refractivity contribution >= 4 is 5.91 Å². The molecule has 3 fully saturated rings. The van der Waals surface area contributed by atoms with Crippen molar-refractivity contribution in [1.82, 2.24) is 9.80 Å². The summed E-state index contributed by atoms with van der Waals surface area (Å²) in [5.74, 6) is 1.99. The van der Waals surface area contributed by atoms with E-state index in [0.717, 1.165) is 71.1 Å². The summed E-state index contributed by atoms with van der Waals surface area (Å²) in [5.41, 5.74) is 0.339. The predicted octanol–water partition coefficient (Wildman–Crippen LogP) is 2.57. The van der Waals surface area contributed by atoms with Gasteiger partial charge in [0.25, 0.3) is 0 Å². The van der Waals surface area contributed by atoms with E-state index in [1.54, 1.807) is 0 Å². The van der Waals surface area contributed by atoms with Crippen LogP contribution in [0.2, 0.25) is 0 Å². The quantitative estimate of drug-likeness (QED) is 0.692. The number of carbonyl (C=O) groups is 1. The molecule has 1 unspecified atom stereocenters. The van der Waals surface area contributed by atoms with E-state index < -0.39 is 0 Å². The molecule has 1 spiro atoms. The maximum atomic E-state index is 12.8. The maximum absolute atomic E-state index is 12.8. The third kappa shape index (κ3) is 4.25. The Morgan fingerprint density at radius 1 is 1.19 bits per heavy atom. The van der Waals surface area contributed by atoms with Gasteiger partial charge in [-0.15, -0.1) is 0 Å². The minimum Gasteiger partial charge on any atom is -0.384 e. The molecule has 27 heavy (non-hydrogen) atoms. The van der Waals surface area contributed by atoms with Crippen LogP contribution >= 0.6 is 0 Å². The summed E-state index contributed by atoms with van der Waals surface area (Å²) in [4.78, 5) is 17.6. The van der Waals surface area contributed by atoms with Gasteiger partial charge in [0.05, 0.1) is 6.61 Å². The number of allylic oxidation sites excluding steroid dienone is 2. The lowest BCUT2D eigenvalue weighted by molar-refractivity contribution is -0.138. The van der Waals surface area contributed by atoms with Crippen LogP contribution in [-0.4, -0.2) is 75.4 Å². The minimum absolute atomic E-state index is 0.211. The van der Waals surface area contributed by atoms with E-state index in [2.05, 4.69) is 22.0 Å². The van der Waals surface area contributed by atoms with Gasteiger partial charge in [-0.25, -0.2) is 0 Å². The maximum Gasteiger partial charge on any atom is 0.226 e. The van der Waals surface area contributed by atoms with Crippen LogP contribution < -0.4 is 0 Å². The van der Waals surface area contributed by atoms with Gasteiger partial charge in [0, 0.05) is 64.9 Å². The molecule has 0 N–H and O–H groups in total. The SMILES string of the molecule is COCC1CN(CC2CCOCC2)CC12CCN(C(=O)C1CC=CC1)CC2. The summed E-state index contributed by atoms with van der Waals surface area (Å²) in [6, 6.07) is 0. The molecule has 3 saturated heterocycles. The van der Waals surface area contributed by atoms with Gasteiger partial charge in [-0.05, 0) is 49.9 Å². The first-order valence-corrected chi connectivity index (χ1v) is 10.9. The molecule has 152 valence electrons. The first-order chi connectivity index (χ1) is 13.2. The van der Waals surface area contributed by atoms with Crippen molar-refractivity contribution < 1.29 is 14.3 Å². The van der Waals surface area contributed by atoms with Crippen LogP contribution in [0, 0.1) is 23.2 Å². The Kier molecular flexibility index (Phi) is 6.20. The number of methoxy groups -OCH3 is 1. The zero-order valence-corrected chi connectivity index (χ0v) is 16.9. The van der Waals surface area contributed by atoms with Crippen LogP contribution in [-0.2, 0) is 14.3 Å². The summed E-state index contributed by atoms with van der Waals surface area (Å²) in [7, 11) is 1.83. The lowest BCUT2D eigenvalue weighted by Gasteiger charge is -2.43. The van der Waals surface area contributed by atoms with Crippen LogP contribution in [0.15, 0.2) is 12.2 Å². The topological polar surface area (TPSA) is 42.0 Å². The molecular formula is C22H36N2O3. The van der Waals surface area contributed by atoms with Gasteiger partial charge in [0.1, 0.15) is 0 Å². The number of likely N-dealkylation sites (tertiary alicyclic amines) is 2. The highest BCUT2D eigenvalue weighted by atomic mass is 16.5. The number of carbonyl (C=O) groups excluding carboxylic acids is 1. The lowest BCUT2D eigenvalue weighted by Crippen LogP contribution is -2.48. The smallest absolute Gasteiger partial charge is 0.226 e. The summed E-state index contributed by atoms with van der Waals surface area (Å²) in [5, 5.41) is 0. The Labute approximate surface area is 164 Å². The van der Waals surface area contributed by atoms with Gasteiger partial charge in [0.2, 0.25) is 5.91 Å². The van der Waals surface area contributed by atoms with E-state index in [1.165, 1.54) is 25.9 Å². The number of piperidine rings is 1. The number of hydrogen-bond acceptors (Lipinski definition) is 4. The summed E-state index contributed by atoms with van der Waals surface area (Å²) < 4.78 is 11.1. The van der Waals surface area contributed by atoms with Crippen molar-refractivity contribution in [2.75, 3.05) is 59.7 Å². The minimum atomic E-state index is 0.211.